The summed E-state index contributed by atoms with van der Waals surface area (Å²) in [6.07, 6.45) is 4.04. The Morgan fingerprint density at radius 1 is 1.16 bits per heavy atom. The lowest BCUT2D eigenvalue weighted by Crippen LogP contribution is -2.47. The summed E-state index contributed by atoms with van der Waals surface area (Å²) in [6, 6.07) is 16.1. The maximum absolute atomic E-state index is 12.3. The van der Waals surface area contributed by atoms with Gasteiger partial charge in [0.1, 0.15) is 0 Å². The number of piperidine rings is 1. The van der Waals surface area contributed by atoms with E-state index in [1.54, 1.807) is 0 Å². The van der Waals surface area contributed by atoms with E-state index in [0.717, 1.165) is 42.3 Å². The Balaban J connectivity index is 1.43. The standard InChI is InChI=1S/C19H20N4OS/c24-19(17-9-5-13-25-17)20-15-6-4-11-22(14-15)18-10-12-23(21-18)16-7-2-1-3-8-16/h1-3,5,7-10,12-13,15H,4,6,11,14H2,(H,20,24). The van der Waals surface area contributed by atoms with Crippen molar-refractivity contribution in [2.24, 2.45) is 0 Å². The van der Waals surface area contributed by atoms with E-state index >= 15 is 0 Å². The first-order valence-corrected chi connectivity index (χ1v) is 9.38. The van der Waals surface area contributed by atoms with Crippen LogP contribution < -0.4 is 10.2 Å². The Morgan fingerprint density at radius 3 is 2.84 bits per heavy atom. The number of para-hydroxylation sites is 1. The largest absolute Gasteiger partial charge is 0.353 e. The molecule has 1 aliphatic rings. The molecule has 1 N–H and O–H groups in total. The van der Waals surface area contributed by atoms with Gasteiger partial charge in [-0.15, -0.1) is 11.3 Å². The lowest BCUT2D eigenvalue weighted by molar-refractivity contribution is 0.0937. The fourth-order valence-electron chi connectivity index (χ4n) is 3.17. The summed E-state index contributed by atoms with van der Waals surface area (Å²) >= 11 is 1.48. The first-order chi connectivity index (χ1) is 12.3. The van der Waals surface area contributed by atoms with Crippen molar-refractivity contribution in [2.75, 3.05) is 18.0 Å². The van der Waals surface area contributed by atoms with Gasteiger partial charge in [-0.25, -0.2) is 4.68 Å². The molecule has 1 aliphatic heterocycles. The number of thiophene rings is 1. The number of nitrogens with zero attached hydrogens (tertiary/aromatic N) is 3. The van der Waals surface area contributed by atoms with Crippen LogP contribution in [0, 0.1) is 0 Å². The van der Waals surface area contributed by atoms with Gasteiger partial charge < -0.3 is 10.2 Å². The summed E-state index contributed by atoms with van der Waals surface area (Å²) in [5.41, 5.74) is 1.05. The van der Waals surface area contributed by atoms with Crippen molar-refractivity contribution in [1.29, 1.82) is 0 Å². The smallest absolute Gasteiger partial charge is 0.261 e. The first kappa shape index (κ1) is 15.9. The highest BCUT2D eigenvalue weighted by molar-refractivity contribution is 7.12. The summed E-state index contributed by atoms with van der Waals surface area (Å²) in [7, 11) is 0. The molecule has 0 spiro atoms. The molecular weight excluding hydrogens is 332 g/mol. The van der Waals surface area contributed by atoms with Crippen LogP contribution >= 0.6 is 11.3 Å². The number of rotatable bonds is 4. The van der Waals surface area contributed by atoms with Gasteiger partial charge in [0.15, 0.2) is 5.82 Å². The Kier molecular flexibility index (Phi) is 4.52. The van der Waals surface area contributed by atoms with Gasteiger partial charge in [0.25, 0.3) is 5.91 Å². The van der Waals surface area contributed by atoms with E-state index < -0.39 is 0 Å². The average molecular weight is 352 g/mol. The summed E-state index contributed by atoms with van der Waals surface area (Å²) < 4.78 is 1.89. The minimum Gasteiger partial charge on any atom is -0.353 e. The van der Waals surface area contributed by atoms with Crippen LogP contribution in [-0.2, 0) is 0 Å². The zero-order chi connectivity index (χ0) is 17.1. The van der Waals surface area contributed by atoms with Gasteiger partial charge in [-0.2, -0.15) is 5.10 Å². The average Bonchev–Trinajstić information content (AvgIpc) is 3.35. The van der Waals surface area contributed by atoms with E-state index in [4.69, 9.17) is 5.10 Å². The quantitative estimate of drug-likeness (QED) is 0.783. The summed E-state index contributed by atoms with van der Waals surface area (Å²) in [4.78, 5) is 15.3. The van der Waals surface area contributed by atoms with Crippen LogP contribution in [0.1, 0.15) is 22.5 Å². The van der Waals surface area contributed by atoms with Crippen molar-refractivity contribution < 1.29 is 4.79 Å². The van der Waals surface area contributed by atoms with Gasteiger partial charge in [-0.3, -0.25) is 4.79 Å². The van der Waals surface area contributed by atoms with Crippen molar-refractivity contribution in [3.63, 3.8) is 0 Å². The minimum absolute atomic E-state index is 0.0247. The minimum atomic E-state index is 0.0247. The highest BCUT2D eigenvalue weighted by Crippen LogP contribution is 2.20. The van der Waals surface area contributed by atoms with E-state index in [0.29, 0.717) is 0 Å². The van der Waals surface area contributed by atoms with Crippen LogP contribution in [0.25, 0.3) is 5.69 Å². The molecule has 0 aliphatic carbocycles. The van der Waals surface area contributed by atoms with Gasteiger partial charge in [-0.1, -0.05) is 24.3 Å². The molecule has 6 heteroatoms. The fraction of sp³-hybridized carbons (Fsp3) is 0.263. The molecule has 1 fully saturated rings. The Morgan fingerprint density at radius 2 is 2.04 bits per heavy atom. The van der Waals surface area contributed by atoms with E-state index in [1.165, 1.54) is 11.3 Å². The molecule has 1 aromatic carbocycles. The van der Waals surface area contributed by atoms with Gasteiger partial charge in [0, 0.05) is 31.4 Å². The third-order valence-corrected chi connectivity index (χ3v) is 5.29. The second-order valence-corrected chi connectivity index (χ2v) is 7.14. The third-order valence-electron chi connectivity index (χ3n) is 4.42. The Hall–Kier alpha value is -2.60. The van der Waals surface area contributed by atoms with Crippen LogP contribution in [-0.4, -0.2) is 34.8 Å². The highest BCUT2D eigenvalue weighted by Gasteiger charge is 2.23. The van der Waals surface area contributed by atoms with Crippen molar-refractivity contribution in [3.05, 3.63) is 65.0 Å². The molecule has 0 radical (unpaired) electrons. The van der Waals surface area contributed by atoms with Crippen molar-refractivity contribution in [2.45, 2.75) is 18.9 Å². The normalized spacial score (nSPS) is 17.4. The zero-order valence-electron chi connectivity index (χ0n) is 13.8. The van der Waals surface area contributed by atoms with E-state index in [2.05, 4.69) is 10.2 Å². The second-order valence-electron chi connectivity index (χ2n) is 6.19. The molecule has 128 valence electrons. The van der Waals surface area contributed by atoms with Crippen LogP contribution in [0.2, 0.25) is 0 Å². The van der Waals surface area contributed by atoms with Crippen LogP contribution in [0.3, 0.4) is 0 Å². The molecule has 0 saturated carbocycles. The van der Waals surface area contributed by atoms with Gasteiger partial charge in [-0.05, 0) is 36.4 Å². The summed E-state index contributed by atoms with van der Waals surface area (Å²) in [5, 5.41) is 9.78. The van der Waals surface area contributed by atoms with E-state index in [1.807, 2.05) is 64.8 Å². The first-order valence-electron chi connectivity index (χ1n) is 8.50. The third kappa shape index (κ3) is 3.58. The topological polar surface area (TPSA) is 50.2 Å². The Labute approximate surface area is 150 Å². The molecule has 3 aromatic rings. The molecule has 1 unspecified atom stereocenters. The molecule has 1 amide bonds. The van der Waals surface area contributed by atoms with Crippen LogP contribution in [0.4, 0.5) is 5.82 Å². The molecular formula is C19H20N4OS. The number of anilines is 1. The molecule has 1 atom stereocenters. The van der Waals surface area contributed by atoms with Crippen molar-refractivity contribution >= 4 is 23.1 Å². The summed E-state index contributed by atoms with van der Waals surface area (Å²) in [5.74, 6) is 0.982. The van der Waals surface area contributed by atoms with Crippen molar-refractivity contribution in [3.8, 4) is 5.69 Å². The number of hydrogen-bond donors (Lipinski definition) is 1. The zero-order valence-corrected chi connectivity index (χ0v) is 14.7. The maximum Gasteiger partial charge on any atom is 0.261 e. The molecule has 3 heterocycles. The molecule has 2 aromatic heterocycles. The lowest BCUT2D eigenvalue weighted by Gasteiger charge is -2.33. The number of carbonyl (C=O) groups excluding carboxylic acids is 1. The fourth-order valence-corrected chi connectivity index (χ4v) is 3.80. The Bertz CT molecular complexity index is 828. The predicted molar refractivity (Wildman–Crippen MR) is 101 cm³/mol. The molecule has 0 bridgehead atoms. The SMILES string of the molecule is O=C(NC1CCCN(c2ccn(-c3ccccc3)n2)C1)c1cccs1. The van der Waals surface area contributed by atoms with E-state index in [9.17, 15) is 4.79 Å². The van der Waals surface area contributed by atoms with Crippen molar-refractivity contribution in [1.82, 2.24) is 15.1 Å². The number of benzene rings is 1. The maximum atomic E-state index is 12.3. The molecule has 4 rings (SSSR count). The number of nitrogens with one attached hydrogen (secondary N) is 1. The van der Waals surface area contributed by atoms with Gasteiger partial charge in [0.05, 0.1) is 10.6 Å². The molecule has 1 saturated heterocycles. The van der Waals surface area contributed by atoms with E-state index in [-0.39, 0.29) is 11.9 Å². The molecule has 5 nitrogen and oxygen atoms in total. The summed E-state index contributed by atoms with van der Waals surface area (Å²) in [6.45, 7) is 1.76. The molecule has 25 heavy (non-hydrogen) atoms. The van der Waals surface area contributed by atoms with Gasteiger partial charge >= 0.3 is 0 Å². The highest BCUT2D eigenvalue weighted by atomic mass is 32.1. The monoisotopic (exact) mass is 352 g/mol. The number of amides is 1. The van der Waals surface area contributed by atoms with Gasteiger partial charge in [0.2, 0.25) is 0 Å². The number of hydrogen-bond acceptors (Lipinski definition) is 4. The number of carbonyl (C=O) groups is 1. The predicted octanol–water partition coefficient (Wildman–Crippen LogP) is 3.33. The van der Waals surface area contributed by atoms with Crippen LogP contribution in [0.5, 0.6) is 0 Å². The second kappa shape index (κ2) is 7.11. The van der Waals surface area contributed by atoms with Crippen LogP contribution in [0.15, 0.2) is 60.1 Å². The number of aromatic nitrogens is 2. The lowest BCUT2D eigenvalue weighted by atomic mass is 10.1.